The molecule has 0 aliphatic carbocycles. The number of imidazole rings is 1. The molecule has 4 nitrogen and oxygen atoms in total. The highest BCUT2D eigenvalue weighted by Gasteiger charge is 2.15. The maximum absolute atomic E-state index is 12.7. The van der Waals surface area contributed by atoms with Gasteiger partial charge in [0.05, 0.1) is 11.3 Å². The summed E-state index contributed by atoms with van der Waals surface area (Å²) in [5.41, 5.74) is 3.29. The summed E-state index contributed by atoms with van der Waals surface area (Å²) < 4.78 is 7.51. The topological polar surface area (TPSA) is 48.0 Å². The number of thioether (sulfide) groups is 1. The van der Waals surface area contributed by atoms with Gasteiger partial charge in [-0.25, -0.2) is 9.78 Å². The second-order valence-corrected chi connectivity index (χ2v) is 7.80. The molecule has 0 spiro atoms. The lowest BCUT2D eigenvalue weighted by Crippen LogP contribution is -2.02. The number of aromatic nitrogens is 2. The van der Waals surface area contributed by atoms with Gasteiger partial charge in [0, 0.05) is 17.3 Å². The van der Waals surface area contributed by atoms with Crippen molar-refractivity contribution in [2.75, 3.05) is 0 Å². The second kappa shape index (κ2) is 8.50. The van der Waals surface area contributed by atoms with E-state index in [9.17, 15) is 4.79 Å². The highest BCUT2D eigenvalue weighted by Crippen LogP contribution is 2.28. The summed E-state index contributed by atoms with van der Waals surface area (Å²) in [5.74, 6) is 0. The molecule has 2 heterocycles. The molecule has 0 saturated heterocycles. The molecule has 0 radical (unpaired) electrons. The Labute approximate surface area is 183 Å². The van der Waals surface area contributed by atoms with E-state index < -0.39 is 5.63 Å². The van der Waals surface area contributed by atoms with Crippen molar-refractivity contribution >= 4 is 28.8 Å². The maximum Gasteiger partial charge on any atom is 0.345 e. The van der Waals surface area contributed by atoms with Crippen LogP contribution in [0.4, 0.5) is 0 Å². The van der Waals surface area contributed by atoms with Crippen molar-refractivity contribution in [1.29, 1.82) is 0 Å². The molecule has 0 aliphatic heterocycles. The summed E-state index contributed by atoms with van der Waals surface area (Å²) in [7, 11) is 0. The molecule has 0 atom stereocenters. The summed E-state index contributed by atoms with van der Waals surface area (Å²) in [4.78, 5) is 17.4. The Morgan fingerprint density at radius 2 is 1.58 bits per heavy atom. The van der Waals surface area contributed by atoms with E-state index >= 15 is 0 Å². The van der Waals surface area contributed by atoms with E-state index in [0.29, 0.717) is 16.8 Å². The first-order valence-electron chi connectivity index (χ1n) is 9.84. The van der Waals surface area contributed by atoms with Crippen LogP contribution >= 0.6 is 11.8 Å². The van der Waals surface area contributed by atoms with Gasteiger partial charge in [0.1, 0.15) is 5.58 Å². The number of hydrogen-bond acceptors (Lipinski definition) is 4. The molecule has 31 heavy (non-hydrogen) atoms. The Kier molecular flexibility index (Phi) is 5.25. The van der Waals surface area contributed by atoms with E-state index in [1.54, 1.807) is 6.07 Å². The zero-order valence-corrected chi connectivity index (χ0v) is 17.3. The van der Waals surface area contributed by atoms with Crippen molar-refractivity contribution in [2.45, 2.75) is 5.16 Å². The summed E-state index contributed by atoms with van der Waals surface area (Å²) in [6, 6.07) is 29.4. The molecule has 5 rings (SSSR count). The summed E-state index contributed by atoms with van der Waals surface area (Å²) in [6.45, 7) is 0. The van der Waals surface area contributed by atoms with Gasteiger partial charge in [0.25, 0.3) is 0 Å². The Morgan fingerprint density at radius 1 is 0.871 bits per heavy atom. The van der Waals surface area contributed by atoms with Crippen LogP contribution in [0.2, 0.25) is 0 Å². The Hall–Kier alpha value is -3.83. The van der Waals surface area contributed by atoms with Crippen molar-refractivity contribution in [3.05, 3.63) is 119 Å². The maximum atomic E-state index is 12.7. The first kappa shape index (κ1) is 19.2. The van der Waals surface area contributed by atoms with Crippen LogP contribution in [0.25, 0.3) is 34.0 Å². The second-order valence-electron chi connectivity index (χ2n) is 6.93. The van der Waals surface area contributed by atoms with Crippen molar-refractivity contribution in [2.24, 2.45) is 0 Å². The summed E-state index contributed by atoms with van der Waals surface area (Å²) >= 11 is 1.50. The lowest BCUT2D eigenvalue weighted by atomic mass is 10.1. The van der Waals surface area contributed by atoms with Gasteiger partial charge in [-0.3, -0.25) is 4.57 Å². The third-order valence-corrected chi connectivity index (χ3v) is 5.63. The molecular formula is C26H18N2O2S. The SMILES string of the molecule is O=c1oc2ccccc2cc1-c1cn(-c2ccccc2)c(S/C=C\c2ccccc2)n1. The van der Waals surface area contributed by atoms with Gasteiger partial charge in [0.2, 0.25) is 0 Å². The van der Waals surface area contributed by atoms with Gasteiger partial charge >= 0.3 is 5.63 Å². The zero-order valence-electron chi connectivity index (χ0n) is 16.5. The molecule has 0 N–H and O–H groups in total. The summed E-state index contributed by atoms with van der Waals surface area (Å²) in [5, 5.41) is 3.63. The van der Waals surface area contributed by atoms with Crippen molar-refractivity contribution in [1.82, 2.24) is 9.55 Å². The van der Waals surface area contributed by atoms with Gasteiger partial charge in [-0.15, -0.1) is 0 Å². The highest BCUT2D eigenvalue weighted by molar-refractivity contribution is 8.02. The van der Waals surface area contributed by atoms with Gasteiger partial charge in [-0.05, 0) is 41.3 Å². The van der Waals surface area contributed by atoms with Crippen molar-refractivity contribution < 1.29 is 4.42 Å². The Morgan fingerprint density at radius 3 is 2.39 bits per heavy atom. The van der Waals surface area contributed by atoms with E-state index in [1.165, 1.54) is 11.8 Å². The molecule has 0 aliphatic rings. The molecule has 0 unspecified atom stereocenters. The van der Waals surface area contributed by atoms with Crippen molar-refractivity contribution in [3.63, 3.8) is 0 Å². The fourth-order valence-electron chi connectivity index (χ4n) is 3.33. The van der Waals surface area contributed by atoms with Crippen LogP contribution in [-0.4, -0.2) is 9.55 Å². The number of fused-ring (bicyclic) bond motifs is 1. The highest BCUT2D eigenvalue weighted by atomic mass is 32.2. The smallest absolute Gasteiger partial charge is 0.345 e. The normalized spacial score (nSPS) is 11.4. The molecule has 2 aromatic heterocycles. The third-order valence-electron chi connectivity index (χ3n) is 4.86. The summed E-state index contributed by atoms with van der Waals surface area (Å²) in [6.07, 6.45) is 3.92. The lowest BCUT2D eigenvalue weighted by molar-refractivity contribution is 0.563. The fourth-order valence-corrected chi connectivity index (χ4v) is 4.10. The average molecular weight is 423 g/mol. The van der Waals surface area contributed by atoms with Gasteiger partial charge in [-0.2, -0.15) is 0 Å². The van der Waals surface area contributed by atoms with Gasteiger partial charge < -0.3 is 4.42 Å². The number of rotatable bonds is 5. The molecule has 5 aromatic rings. The van der Waals surface area contributed by atoms with E-state index in [4.69, 9.17) is 9.40 Å². The van der Waals surface area contributed by atoms with E-state index in [0.717, 1.165) is 21.8 Å². The van der Waals surface area contributed by atoms with Crippen LogP contribution in [0.5, 0.6) is 0 Å². The molecule has 5 heteroatoms. The molecular weight excluding hydrogens is 404 g/mol. The molecule has 3 aromatic carbocycles. The minimum atomic E-state index is -0.396. The largest absolute Gasteiger partial charge is 0.422 e. The standard InChI is InChI=1S/C26H18N2O2S/c29-25-22(17-20-11-7-8-14-24(20)30-25)23-18-28(21-12-5-2-6-13-21)26(27-23)31-16-15-19-9-3-1-4-10-19/h1-18H/b16-15-. The first-order valence-corrected chi connectivity index (χ1v) is 10.7. The number of para-hydroxylation sites is 2. The fraction of sp³-hybridized carbons (Fsp3) is 0. The van der Waals surface area contributed by atoms with Crippen LogP contribution in [-0.2, 0) is 0 Å². The quantitative estimate of drug-likeness (QED) is 0.243. The molecule has 0 saturated carbocycles. The monoisotopic (exact) mass is 422 g/mol. The predicted octanol–water partition coefficient (Wildman–Crippen LogP) is 6.41. The molecule has 0 fully saturated rings. The first-order chi connectivity index (χ1) is 15.3. The van der Waals surface area contributed by atoms with Crippen LogP contribution in [0, 0.1) is 0 Å². The van der Waals surface area contributed by atoms with Crippen molar-refractivity contribution in [3.8, 4) is 16.9 Å². The van der Waals surface area contributed by atoms with E-state index in [1.807, 2.05) is 107 Å². The number of benzene rings is 3. The minimum Gasteiger partial charge on any atom is -0.422 e. The van der Waals surface area contributed by atoms with Crippen LogP contribution in [0.3, 0.4) is 0 Å². The number of hydrogen-bond donors (Lipinski definition) is 0. The Balaban J connectivity index is 1.57. The lowest BCUT2D eigenvalue weighted by Gasteiger charge is -2.05. The van der Waals surface area contributed by atoms with Crippen LogP contribution in [0.1, 0.15) is 5.56 Å². The molecule has 0 bridgehead atoms. The van der Waals surface area contributed by atoms with Gasteiger partial charge in [0.15, 0.2) is 5.16 Å². The molecule has 150 valence electrons. The molecule has 0 amide bonds. The van der Waals surface area contributed by atoms with E-state index in [2.05, 4.69) is 0 Å². The Bertz CT molecular complexity index is 1420. The number of nitrogens with zero attached hydrogens (tertiary/aromatic N) is 2. The average Bonchev–Trinajstić information content (AvgIpc) is 3.24. The van der Waals surface area contributed by atoms with Gasteiger partial charge in [-0.1, -0.05) is 78.5 Å². The predicted molar refractivity (Wildman–Crippen MR) is 126 cm³/mol. The zero-order chi connectivity index (χ0) is 21.0. The van der Waals surface area contributed by atoms with Crippen LogP contribution < -0.4 is 5.63 Å². The third kappa shape index (κ3) is 4.09. The van der Waals surface area contributed by atoms with E-state index in [-0.39, 0.29) is 0 Å². The minimum absolute atomic E-state index is 0.396. The van der Waals surface area contributed by atoms with Crippen LogP contribution in [0.15, 0.2) is 117 Å².